The van der Waals surface area contributed by atoms with Crippen LogP contribution in [0.5, 0.6) is 0 Å². The molecular weight excluding hydrogens is 252 g/mol. The van der Waals surface area contributed by atoms with Crippen LogP contribution in [0.3, 0.4) is 0 Å². The zero-order valence-corrected chi connectivity index (χ0v) is 11.6. The topological polar surface area (TPSA) is 74.7 Å². The summed E-state index contributed by atoms with van der Waals surface area (Å²) in [6.45, 7) is 2.68. The Hall–Kier alpha value is -2.56. The molecule has 2 aromatic rings. The number of nitrogens with zero attached hydrogens (tertiary/aromatic N) is 3. The summed E-state index contributed by atoms with van der Waals surface area (Å²) in [7, 11) is 1.99. The van der Waals surface area contributed by atoms with Crippen LogP contribution in [-0.2, 0) is 6.54 Å². The fourth-order valence-corrected chi connectivity index (χ4v) is 1.99. The summed E-state index contributed by atoms with van der Waals surface area (Å²) in [4.78, 5) is 6.26. The summed E-state index contributed by atoms with van der Waals surface area (Å²) in [6, 6.07) is 12.0. The highest BCUT2D eigenvalue weighted by Crippen LogP contribution is 2.17. The maximum absolute atomic E-state index is 8.80. The molecule has 0 radical (unpaired) electrons. The number of hydrogen-bond acceptors (Lipinski definition) is 4. The molecule has 0 amide bonds. The van der Waals surface area contributed by atoms with Gasteiger partial charge in [0.15, 0.2) is 5.84 Å². The number of pyridine rings is 1. The molecule has 0 aliphatic carbocycles. The summed E-state index contributed by atoms with van der Waals surface area (Å²) >= 11 is 0. The number of rotatable bonds is 4. The number of nitrogens with two attached hydrogens (primary N) is 1. The monoisotopic (exact) mass is 270 g/mol. The Balaban J connectivity index is 2.24. The molecule has 1 heterocycles. The first-order valence-corrected chi connectivity index (χ1v) is 6.31. The van der Waals surface area contributed by atoms with Crippen LogP contribution in [0, 0.1) is 6.92 Å². The third-order valence-corrected chi connectivity index (χ3v) is 3.12. The molecule has 0 fully saturated rings. The van der Waals surface area contributed by atoms with Crippen molar-refractivity contribution in [3.8, 4) is 0 Å². The largest absolute Gasteiger partial charge is 0.409 e. The van der Waals surface area contributed by atoms with Gasteiger partial charge in [-0.3, -0.25) is 4.98 Å². The Labute approximate surface area is 118 Å². The Morgan fingerprint density at radius 2 is 2.00 bits per heavy atom. The van der Waals surface area contributed by atoms with E-state index in [9.17, 15) is 0 Å². The number of oxime groups is 1. The maximum Gasteiger partial charge on any atom is 0.189 e. The van der Waals surface area contributed by atoms with Crippen molar-refractivity contribution in [3.05, 3.63) is 59.4 Å². The minimum absolute atomic E-state index is 0.0258. The molecule has 1 aromatic heterocycles. The van der Waals surface area contributed by atoms with Gasteiger partial charge >= 0.3 is 0 Å². The Morgan fingerprint density at radius 3 is 2.65 bits per heavy atom. The molecule has 104 valence electrons. The summed E-state index contributed by atoms with van der Waals surface area (Å²) in [5.74, 6) is 0.0258. The fourth-order valence-electron chi connectivity index (χ4n) is 1.99. The second kappa shape index (κ2) is 6.06. The van der Waals surface area contributed by atoms with Gasteiger partial charge in [-0.05, 0) is 25.1 Å². The van der Waals surface area contributed by atoms with Crippen LogP contribution in [-0.4, -0.2) is 23.1 Å². The number of benzene rings is 1. The molecule has 1 aromatic carbocycles. The molecular formula is C15H18N4O. The van der Waals surface area contributed by atoms with E-state index in [1.165, 1.54) is 5.56 Å². The summed E-state index contributed by atoms with van der Waals surface area (Å²) in [5.41, 5.74) is 9.39. The number of amidine groups is 1. The molecule has 0 saturated heterocycles. The van der Waals surface area contributed by atoms with Crippen molar-refractivity contribution in [3.63, 3.8) is 0 Å². The third kappa shape index (κ3) is 3.06. The molecule has 0 saturated carbocycles. The smallest absolute Gasteiger partial charge is 0.189 e. The van der Waals surface area contributed by atoms with E-state index in [2.05, 4.69) is 46.2 Å². The van der Waals surface area contributed by atoms with Crippen molar-refractivity contribution in [2.45, 2.75) is 13.5 Å². The van der Waals surface area contributed by atoms with E-state index in [1.54, 1.807) is 6.20 Å². The number of aromatic nitrogens is 1. The molecule has 3 N–H and O–H groups in total. The molecule has 0 aliphatic heterocycles. The first-order valence-electron chi connectivity index (χ1n) is 6.31. The SMILES string of the molecule is Cc1ccc(N(C)Cc2cccnc2C(N)=NO)cc1. The number of hydrogen-bond donors (Lipinski definition) is 2. The first-order chi connectivity index (χ1) is 9.61. The van der Waals surface area contributed by atoms with E-state index in [4.69, 9.17) is 10.9 Å². The van der Waals surface area contributed by atoms with Gasteiger partial charge in [0.2, 0.25) is 0 Å². The minimum atomic E-state index is 0.0258. The van der Waals surface area contributed by atoms with Crippen molar-refractivity contribution in [2.75, 3.05) is 11.9 Å². The van der Waals surface area contributed by atoms with Gasteiger partial charge in [0.1, 0.15) is 5.69 Å². The second-order valence-corrected chi connectivity index (χ2v) is 4.69. The van der Waals surface area contributed by atoms with Gasteiger partial charge in [0.05, 0.1) is 0 Å². The molecule has 0 atom stereocenters. The van der Waals surface area contributed by atoms with Gasteiger partial charge in [-0.2, -0.15) is 0 Å². The zero-order valence-electron chi connectivity index (χ0n) is 11.6. The van der Waals surface area contributed by atoms with Crippen LogP contribution in [0.2, 0.25) is 0 Å². The minimum Gasteiger partial charge on any atom is -0.409 e. The normalized spacial score (nSPS) is 11.4. The lowest BCUT2D eigenvalue weighted by molar-refractivity contribution is 0.318. The Bertz CT molecular complexity index is 608. The van der Waals surface area contributed by atoms with E-state index >= 15 is 0 Å². The van der Waals surface area contributed by atoms with Gasteiger partial charge in [-0.15, -0.1) is 0 Å². The molecule has 0 spiro atoms. The van der Waals surface area contributed by atoms with Crippen molar-refractivity contribution >= 4 is 11.5 Å². The van der Waals surface area contributed by atoms with Crippen molar-refractivity contribution in [2.24, 2.45) is 10.9 Å². The van der Waals surface area contributed by atoms with Gasteiger partial charge < -0.3 is 15.8 Å². The van der Waals surface area contributed by atoms with Crippen LogP contribution in [0.1, 0.15) is 16.8 Å². The lowest BCUT2D eigenvalue weighted by atomic mass is 10.1. The Kier molecular flexibility index (Phi) is 4.20. The molecule has 5 heteroatoms. The highest BCUT2D eigenvalue weighted by atomic mass is 16.4. The standard InChI is InChI=1S/C15H18N4O/c1-11-5-7-13(8-6-11)19(2)10-12-4-3-9-17-14(12)15(16)18-20/h3-9,20H,10H2,1-2H3,(H2,16,18). The van der Waals surface area contributed by atoms with Gasteiger partial charge in [-0.1, -0.05) is 28.9 Å². The van der Waals surface area contributed by atoms with E-state index in [0.717, 1.165) is 11.3 Å². The predicted molar refractivity (Wildman–Crippen MR) is 80.0 cm³/mol. The molecule has 2 rings (SSSR count). The highest BCUT2D eigenvalue weighted by molar-refractivity contribution is 5.96. The predicted octanol–water partition coefficient (Wildman–Crippen LogP) is 2.12. The van der Waals surface area contributed by atoms with Crippen LogP contribution >= 0.6 is 0 Å². The van der Waals surface area contributed by atoms with Gasteiger partial charge in [0, 0.05) is 31.0 Å². The summed E-state index contributed by atoms with van der Waals surface area (Å²) < 4.78 is 0. The quantitative estimate of drug-likeness (QED) is 0.386. The molecule has 0 bridgehead atoms. The van der Waals surface area contributed by atoms with E-state index in [0.29, 0.717) is 12.2 Å². The average molecular weight is 270 g/mol. The second-order valence-electron chi connectivity index (χ2n) is 4.69. The Morgan fingerprint density at radius 1 is 1.30 bits per heavy atom. The number of anilines is 1. The van der Waals surface area contributed by atoms with E-state index < -0.39 is 0 Å². The van der Waals surface area contributed by atoms with Gasteiger partial charge in [-0.25, -0.2) is 0 Å². The fraction of sp³-hybridized carbons (Fsp3) is 0.200. The molecule has 0 aliphatic rings. The van der Waals surface area contributed by atoms with E-state index in [1.807, 2.05) is 19.2 Å². The highest BCUT2D eigenvalue weighted by Gasteiger charge is 2.10. The van der Waals surface area contributed by atoms with Crippen molar-refractivity contribution in [1.82, 2.24) is 4.98 Å². The lowest BCUT2D eigenvalue weighted by Crippen LogP contribution is -2.22. The zero-order chi connectivity index (χ0) is 14.5. The third-order valence-electron chi connectivity index (χ3n) is 3.12. The van der Waals surface area contributed by atoms with Gasteiger partial charge in [0.25, 0.3) is 0 Å². The van der Waals surface area contributed by atoms with Crippen LogP contribution in [0.15, 0.2) is 47.8 Å². The van der Waals surface area contributed by atoms with Crippen LogP contribution in [0.4, 0.5) is 5.69 Å². The van der Waals surface area contributed by atoms with E-state index in [-0.39, 0.29) is 5.84 Å². The van der Waals surface area contributed by atoms with Crippen molar-refractivity contribution in [1.29, 1.82) is 0 Å². The lowest BCUT2D eigenvalue weighted by Gasteiger charge is -2.20. The summed E-state index contributed by atoms with van der Waals surface area (Å²) in [5, 5.41) is 11.8. The molecule has 20 heavy (non-hydrogen) atoms. The maximum atomic E-state index is 8.80. The molecule has 0 unspecified atom stereocenters. The van der Waals surface area contributed by atoms with Crippen molar-refractivity contribution < 1.29 is 5.21 Å². The van der Waals surface area contributed by atoms with Crippen LogP contribution in [0.25, 0.3) is 0 Å². The summed E-state index contributed by atoms with van der Waals surface area (Å²) in [6.07, 6.45) is 1.63. The van der Waals surface area contributed by atoms with Crippen LogP contribution < -0.4 is 10.6 Å². The number of aryl methyl sites for hydroxylation is 1. The first kappa shape index (κ1) is 13.9. The molecule has 5 nitrogen and oxygen atoms in total. The average Bonchev–Trinajstić information content (AvgIpc) is 2.47.